The average Bonchev–Trinajstić information content (AvgIpc) is 3.85. The smallest absolute Gasteiger partial charge is 0.333 e. The number of epoxide rings is 1. The lowest BCUT2D eigenvalue weighted by atomic mass is 10.2. The Morgan fingerprint density at radius 2 is 1.39 bits per heavy atom. The molecule has 13 nitrogen and oxygen atoms in total. The molecule has 1 aromatic rings. The second-order valence-electron chi connectivity index (χ2n) is 9.41. The Balaban J connectivity index is 0. The molecule has 0 radical (unpaired) electrons. The van der Waals surface area contributed by atoms with Crippen LogP contribution in [0, 0.1) is 6.92 Å². The summed E-state index contributed by atoms with van der Waals surface area (Å²) in [5.74, 6) is -1.66. The first-order valence-electron chi connectivity index (χ1n) is 13.9. The lowest BCUT2D eigenvalue weighted by Gasteiger charge is -2.07. The van der Waals surface area contributed by atoms with Crippen LogP contribution in [0.3, 0.4) is 0 Å². The van der Waals surface area contributed by atoms with Crippen molar-refractivity contribution in [1.82, 2.24) is 0 Å². The van der Waals surface area contributed by atoms with Gasteiger partial charge >= 0.3 is 23.9 Å². The van der Waals surface area contributed by atoms with Gasteiger partial charge in [-0.3, -0.25) is 4.18 Å². The predicted molar refractivity (Wildman–Crippen MR) is 170 cm³/mol. The molecule has 0 aromatic heterocycles. The molecule has 0 aliphatic carbocycles. The van der Waals surface area contributed by atoms with E-state index in [-0.39, 0.29) is 48.3 Å². The number of benzene rings is 1. The molecule has 0 bridgehead atoms. The molecule has 0 spiro atoms. The van der Waals surface area contributed by atoms with Gasteiger partial charge in [-0.25, -0.2) is 19.2 Å². The van der Waals surface area contributed by atoms with Gasteiger partial charge in [-0.2, -0.15) is 8.42 Å². The molecule has 1 unspecified atom stereocenters. The molecule has 1 heterocycles. The number of aliphatic hydroxyl groups excluding tert-OH is 1. The minimum absolute atomic E-state index is 0.0735. The quantitative estimate of drug-likeness (QED) is 0.0715. The highest BCUT2D eigenvalue weighted by Crippen LogP contribution is 2.13. The predicted octanol–water partition coefficient (Wildman–Crippen LogP) is 3.55. The number of aryl methyl sites for hydroxylation is 1. The van der Waals surface area contributed by atoms with Gasteiger partial charge in [0.1, 0.15) is 25.9 Å². The Kier molecular flexibility index (Phi) is 24.0. The molecule has 258 valence electrons. The first-order valence-corrected chi connectivity index (χ1v) is 15.3. The molecule has 0 amide bonds. The van der Waals surface area contributed by atoms with Gasteiger partial charge in [0.05, 0.1) is 25.2 Å². The Morgan fingerprint density at radius 3 is 1.80 bits per heavy atom. The van der Waals surface area contributed by atoms with Crippen molar-refractivity contribution in [1.29, 1.82) is 0 Å². The lowest BCUT2D eigenvalue weighted by Crippen LogP contribution is -2.14. The van der Waals surface area contributed by atoms with Crippen molar-refractivity contribution in [2.45, 2.75) is 51.5 Å². The van der Waals surface area contributed by atoms with E-state index < -0.39 is 22.1 Å². The van der Waals surface area contributed by atoms with Crippen LogP contribution in [0.4, 0.5) is 0 Å². The normalized spacial score (nSPS) is 12.4. The monoisotopic (exact) mass is 670 g/mol. The van der Waals surface area contributed by atoms with Crippen LogP contribution >= 0.6 is 0 Å². The number of esters is 4. The standard InChI is InChI=1S/C13H16O5S.C7H10O3.C7H12O3.C5H8O2/c1-10(2)13(14)17-8-9-18-19(15,16)12-6-4-11(3)5-7-12;1-5(2)7(8)10-4-6-3-9-6;1-2-7(9)10-6-4-3-5-8;1-4(2)5(6)7-3/h4-7H,1,8-9H2,2-3H3;6H,1,3-4H2,2H3;2,8H,1,3-6H2;1H2,2-3H3. The van der Waals surface area contributed by atoms with Gasteiger partial charge < -0.3 is 28.8 Å². The molecule has 0 saturated carbocycles. The minimum atomic E-state index is -3.81. The Morgan fingerprint density at radius 1 is 0.870 bits per heavy atom. The second-order valence-corrected chi connectivity index (χ2v) is 11.0. The Bertz CT molecular complexity index is 1260. The largest absolute Gasteiger partial charge is 0.466 e. The number of methoxy groups -OCH3 is 1. The summed E-state index contributed by atoms with van der Waals surface area (Å²) >= 11 is 0. The zero-order valence-electron chi connectivity index (χ0n) is 27.2. The number of carbonyl (C=O) groups excluding carboxylic acids is 4. The molecule has 1 N–H and O–H groups in total. The molecule has 46 heavy (non-hydrogen) atoms. The van der Waals surface area contributed by atoms with Crippen LogP contribution in [-0.4, -0.2) is 90.3 Å². The number of aliphatic hydroxyl groups is 1. The van der Waals surface area contributed by atoms with Crippen molar-refractivity contribution < 1.29 is 60.6 Å². The van der Waals surface area contributed by atoms with E-state index in [1.165, 1.54) is 26.2 Å². The van der Waals surface area contributed by atoms with E-state index in [9.17, 15) is 27.6 Å². The van der Waals surface area contributed by atoms with Gasteiger partial charge in [0.25, 0.3) is 10.1 Å². The topological polar surface area (TPSA) is 181 Å². The zero-order valence-corrected chi connectivity index (χ0v) is 28.0. The van der Waals surface area contributed by atoms with Crippen LogP contribution in [0.2, 0.25) is 0 Å². The fraction of sp³-hybridized carbons (Fsp3) is 0.438. The van der Waals surface area contributed by atoms with Gasteiger partial charge in [0, 0.05) is 29.4 Å². The number of hydrogen-bond donors (Lipinski definition) is 1. The van der Waals surface area contributed by atoms with E-state index >= 15 is 0 Å². The van der Waals surface area contributed by atoms with Crippen LogP contribution in [-0.2, 0) is 57.2 Å². The summed E-state index contributed by atoms with van der Waals surface area (Å²) in [7, 11) is -2.48. The van der Waals surface area contributed by atoms with E-state index in [1.54, 1.807) is 26.0 Å². The summed E-state index contributed by atoms with van der Waals surface area (Å²) in [4.78, 5) is 42.4. The third-order valence-electron chi connectivity index (χ3n) is 4.86. The lowest BCUT2D eigenvalue weighted by molar-refractivity contribution is -0.140. The van der Waals surface area contributed by atoms with E-state index in [1.807, 2.05) is 6.92 Å². The number of ether oxygens (including phenoxy) is 5. The fourth-order valence-corrected chi connectivity index (χ4v) is 3.14. The summed E-state index contributed by atoms with van der Waals surface area (Å²) in [6.07, 6.45) is 2.64. The molecule has 1 fully saturated rings. The van der Waals surface area contributed by atoms with Crippen molar-refractivity contribution in [3.63, 3.8) is 0 Å². The van der Waals surface area contributed by atoms with Crippen molar-refractivity contribution >= 4 is 34.0 Å². The first-order chi connectivity index (χ1) is 21.5. The maximum absolute atomic E-state index is 11.7. The number of carbonyl (C=O) groups is 4. The summed E-state index contributed by atoms with van der Waals surface area (Å²) in [5.41, 5.74) is 2.07. The van der Waals surface area contributed by atoms with Crippen LogP contribution in [0.25, 0.3) is 0 Å². The van der Waals surface area contributed by atoms with Gasteiger partial charge in [0.2, 0.25) is 0 Å². The van der Waals surface area contributed by atoms with Crippen LogP contribution < -0.4 is 0 Å². The van der Waals surface area contributed by atoms with Crippen molar-refractivity contribution in [3.8, 4) is 0 Å². The zero-order chi connectivity index (χ0) is 35.7. The molecular weight excluding hydrogens is 624 g/mol. The van der Waals surface area contributed by atoms with E-state index in [2.05, 4.69) is 35.8 Å². The van der Waals surface area contributed by atoms with Crippen molar-refractivity contribution in [2.24, 2.45) is 0 Å². The van der Waals surface area contributed by atoms with E-state index in [0.717, 1.165) is 11.6 Å². The summed E-state index contributed by atoms with van der Waals surface area (Å²) in [5, 5.41) is 8.33. The molecule has 1 aliphatic rings. The third kappa shape index (κ3) is 24.2. The van der Waals surface area contributed by atoms with Gasteiger partial charge in [-0.1, -0.05) is 44.0 Å². The van der Waals surface area contributed by atoms with Gasteiger partial charge in [-0.15, -0.1) is 0 Å². The molecule has 1 aromatic carbocycles. The summed E-state index contributed by atoms with van der Waals surface area (Å²) in [6, 6.07) is 6.28. The van der Waals surface area contributed by atoms with Gasteiger partial charge in [0.15, 0.2) is 0 Å². The Labute approximate surface area is 271 Å². The van der Waals surface area contributed by atoms with Crippen molar-refractivity contribution in [3.05, 3.63) is 78.9 Å². The molecule has 1 saturated heterocycles. The van der Waals surface area contributed by atoms with E-state index in [0.29, 0.717) is 43.8 Å². The first kappa shape index (κ1) is 44.0. The highest BCUT2D eigenvalue weighted by atomic mass is 32.2. The maximum atomic E-state index is 11.7. The molecule has 1 atom stereocenters. The maximum Gasteiger partial charge on any atom is 0.333 e. The third-order valence-corrected chi connectivity index (χ3v) is 6.19. The number of hydrogen-bond acceptors (Lipinski definition) is 13. The molecule has 14 heteroatoms. The molecule has 1 aliphatic heterocycles. The van der Waals surface area contributed by atoms with Gasteiger partial charge in [-0.05, 0) is 52.7 Å². The highest BCUT2D eigenvalue weighted by Gasteiger charge is 2.24. The SMILES string of the molecule is C=C(C)C(=O)OC.C=C(C)C(=O)OCC1CO1.C=C(C)C(=O)OCCOS(=O)(=O)c1ccc(C)cc1.C=CC(=O)OCCCCO. The van der Waals surface area contributed by atoms with Crippen molar-refractivity contribution in [2.75, 3.05) is 46.8 Å². The second kappa shape index (κ2) is 25.1. The summed E-state index contributed by atoms with van der Waals surface area (Å²) < 4.78 is 51.5. The summed E-state index contributed by atoms with van der Waals surface area (Å²) in [6.45, 7) is 21.2. The minimum Gasteiger partial charge on any atom is -0.466 e. The average molecular weight is 671 g/mol. The Hall–Kier alpha value is -4.11. The molecule has 2 rings (SSSR count). The van der Waals surface area contributed by atoms with Crippen LogP contribution in [0.15, 0.2) is 78.3 Å². The van der Waals surface area contributed by atoms with Crippen LogP contribution in [0.5, 0.6) is 0 Å². The molecular formula is C32H46O13S. The van der Waals surface area contributed by atoms with E-state index in [4.69, 9.17) is 23.5 Å². The fourth-order valence-electron chi connectivity index (χ4n) is 2.25. The number of rotatable bonds is 15. The highest BCUT2D eigenvalue weighted by molar-refractivity contribution is 7.86. The number of unbranched alkanes of at least 4 members (excludes halogenated alkanes) is 1. The van der Waals surface area contributed by atoms with Crippen LogP contribution in [0.1, 0.15) is 39.2 Å².